The van der Waals surface area contributed by atoms with Crippen LogP contribution in [0.25, 0.3) is 0 Å². The molecule has 1 atom stereocenters. The van der Waals surface area contributed by atoms with Gasteiger partial charge in [0.05, 0.1) is 6.61 Å². The van der Waals surface area contributed by atoms with Gasteiger partial charge >= 0.3 is 5.97 Å². The molecule has 0 spiro atoms. The second-order valence-electron chi connectivity index (χ2n) is 6.06. The van der Waals surface area contributed by atoms with Crippen molar-refractivity contribution in [2.75, 3.05) is 6.61 Å². The van der Waals surface area contributed by atoms with Gasteiger partial charge in [-0.25, -0.2) is 4.79 Å². The third kappa shape index (κ3) is 11.9. The van der Waals surface area contributed by atoms with E-state index in [2.05, 4.69) is 45.9 Å². The van der Waals surface area contributed by atoms with Crippen molar-refractivity contribution < 1.29 is 9.53 Å². The highest BCUT2D eigenvalue weighted by Crippen LogP contribution is 2.19. The Balaban J connectivity index is 4.24. The number of carbonyl (C=O) groups is 1. The van der Waals surface area contributed by atoms with E-state index in [4.69, 9.17) is 4.74 Å². The molecule has 2 nitrogen and oxygen atoms in total. The molecule has 2 heteroatoms. The van der Waals surface area contributed by atoms with E-state index in [-0.39, 0.29) is 5.97 Å². The van der Waals surface area contributed by atoms with E-state index in [1.807, 2.05) is 6.92 Å². The normalized spacial score (nSPS) is 14.3. The molecule has 0 saturated carbocycles. The van der Waals surface area contributed by atoms with Gasteiger partial charge < -0.3 is 4.74 Å². The lowest BCUT2D eigenvalue weighted by Crippen LogP contribution is -2.00. The van der Waals surface area contributed by atoms with Crippen LogP contribution >= 0.6 is 0 Å². The Morgan fingerprint density at radius 2 is 1.74 bits per heavy atom. The van der Waals surface area contributed by atoms with Crippen LogP contribution in [0.4, 0.5) is 0 Å². The van der Waals surface area contributed by atoms with E-state index in [1.54, 1.807) is 6.08 Å². The van der Waals surface area contributed by atoms with Crippen molar-refractivity contribution in [2.45, 2.75) is 79.6 Å². The first kappa shape index (κ1) is 21.7. The first-order valence-corrected chi connectivity index (χ1v) is 9.26. The minimum atomic E-state index is -0.237. The standard InChI is InChI=1S/C21H36O2/c1-6-18(5)13-12-16-19(7-2)14-10-11-15-20(8-3)17-21(22)23-9-4/h11,13,15,17,19H,6-10,12,14,16H2,1-5H3/b15-11+,18-13-,20-17+. The number of hydrogen-bond acceptors (Lipinski definition) is 2. The summed E-state index contributed by atoms with van der Waals surface area (Å²) in [6, 6.07) is 0. The highest BCUT2D eigenvalue weighted by Gasteiger charge is 2.04. The van der Waals surface area contributed by atoms with Crippen LogP contribution in [0.5, 0.6) is 0 Å². The summed E-state index contributed by atoms with van der Waals surface area (Å²) >= 11 is 0. The summed E-state index contributed by atoms with van der Waals surface area (Å²) in [4.78, 5) is 11.5. The molecule has 0 fully saturated rings. The van der Waals surface area contributed by atoms with Gasteiger partial charge in [-0.15, -0.1) is 0 Å². The number of rotatable bonds is 12. The third-order valence-electron chi connectivity index (χ3n) is 4.27. The molecule has 0 N–H and O–H groups in total. The summed E-state index contributed by atoms with van der Waals surface area (Å²) < 4.78 is 4.95. The van der Waals surface area contributed by atoms with Gasteiger partial charge in [0.2, 0.25) is 0 Å². The van der Waals surface area contributed by atoms with Crippen LogP contribution in [0.15, 0.2) is 35.5 Å². The first-order valence-electron chi connectivity index (χ1n) is 9.26. The number of esters is 1. The fourth-order valence-corrected chi connectivity index (χ4v) is 2.43. The summed E-state index contributed by atoms with van der Waals surface area (Å²) in [6.07, 6.45) is 16.3. The lowest BCUT2D eigenvalue weighted by molar-refractivity contribution is -0.137. The molecule has 0 saturated heterocycles. The molecule has 23 heavy (non-hydrogen) atoms. The van der Waals surface area contributed by atoms with Crippen molar-refractivity contribution in [1.82, 2.24) is 0 Å². The van der Waals surface area contributed by atoms with Crippen LogP contribution in [0, 0.1) is 5.92 Å². The largest absolute Gasteiger partial charge is 0.463 e. The minimum Gasteiger partial charge on any atom is -0.463 e. The van der Waals surface area contributed by atoms with E-state index >= 15 is 0 Å². The average Bonchev–Trinajstić information content (AvgIpc) is 2.55. The molecule has 0 aromatic heterocycles. The van der Waals surface area contributed by atoms with E-state index in [1.165, 1.54) is 31.3 Å². The van der Waals surface area contributed by atoms with Gasteiger partial charge in [-0.05, 0) is 63.9 Å². The Bertz CT molecular complexity index is 402. The SMILES string of the molecule is CCOC(=O)/C=C(/C=C/CCC(CC)CC/C=C(/C)CC)CC. The maximum Gasteiger partial charge on any atom is 0.331 e. The predicted molar refractivity (Wildman–Crippen MR) is 100 cm³/mol. The van der Waals surface area contributed by atoms with Gasteiger partial charge in [-0.1, -0.05) is 51.0 Å². The zero-order valence-corrected chi connectivity index (χ0v) is 15.9. The van der Waals surface area contributed by atoms with Crippen molar-refractivity contribution >= 4 is 5.97 Å². The van der Waals surface area contributed by atoms with E-state index in [9.17, 15) is 4.79 Å². The summed E-state index contributed by atoms with van der Waals surface area (Å²) in [7, 11) is 0. The number of allylic oxidation sites excluding steroid dienone is 5. The smallest absolute Gasteiger partial charge is 0.331 e. The fourth-order valence-electron chi connectivity index (χ4n) is 2.43. The molecule has 0 rings (SSSR count). The van der Waals surface area contributed by atoms with Crippen LogP contribution in [-0.2, 0) is 9.53 Å². The van der Waals surface area contributed by atoms with Gasteiger partial charge in [-0.2, -0.15) is 0 Å². The molecule has 0 aliphatic rings. The summed E-state index contributed by atoms with van der Waals surface area (Å²) in [6.45, 7) is 11.0. The van der Waals surface area contributed by atoms with Crippen molar-refractivity contribution in [3.05, 3.63) is 35.5 Å². The molecule has 0 heterocycles. The Morgan fingerprint density at radius 3 is 2.30 bits per heavy atom. The molecule has 0 amide bonds. The van der Waals surface area contributed by atoms with E-state index in [0.29, 0.717) is 6.61 Å². The maximum atomic E-state index is 11.5. The second kappa shape index (κ2) is 14.3. The highest BCUT2D eigenvalue weighted by molar-refractivity contribution is 5.83. The van der Waals surface area contributed by atoms with E-state index < -0.39 is 0 Å². The summed E-state index contributed by atoms with van der Waals surface area (Å²) in [5, 5.41) is 0. The van der Waals surface area contributed by atoms with Crippen LogP contribution < -0.4 is 0 Å². The zero-order chi connectivity index (χ0) is 17.5. The molecule has 0 aliphatic heterocycles. The Kier molecular flexibility index (Phi) is 13.5. The topological polar surface area (TPSA) is 26.3 Å². The first-order chi connectivity index (χ1) is 11.1. The average molecular weight is 321 g/mol. The molecule has 0 aliphatic carbocycles. The molecule has 1 unspecified atom stereocenters. The highest BCUT2D eigenvalue weighted by atomic mass is 16.5. The number of carbonyl (C=O) groups excluding carboxylic acids is 1. The van der Waals surface area contributed by atoms with Gasteiger partial charge in [0.1, 0.15) is 0 Å². The minimum absolute atomic E-state index is 0.237. The summed E-state index contributed by atoms with van der Waals surface area (Å²) in [5.41, 5.74) is 2.54. The predicted octanol–water partition coefficient (Wildman–Crippen LogP) is 6.39. The van der Waals surface area contributed by atoms with E-state index in [0.717, 1.165) is 30.8 Å². The maximum absolute atomic E-state index is 11.5. The lowest BCUT2D eigenvalue weighted by Gasteiger charge is -2.12. The molecular formula is C21H36O2. The van der Waals surface area contributed by atoms with Crippen LogP contribution in [0.3, 0.4) is 0 Å². The molecular weight excluding hydrogens is 284 g/mol. The van der Waals surface area contributed by atoms with Crippen molar-refractivity contribution in [1.29, 1.82) is 0 Å². The molecule has 0 aromatic carbocycles. The summed E-state index contributed by atoms with van der Waals surface area (Å²) in [5.74, 6) is 0.554. The molecule has 0 radical (unpaired) electrons. The Morgan fingerprint density at radius 1 is 1.04 bits per heavy atom. The third-order valence-corrected chi connectivity index (χ3v) is 4.27. The van der Waals surface area contributed by atoms with Crippen LogP contribution in [-0.4, -0.2) is 12.6 Å². The van der Waals surface area contributed by atoms with Gasteiger partial charge in [0.15, 0.2) is 0 Å². The van der Waals surface area contributed by atoms with Crippen molar-refractivity contribution in [3.8, 4) is 0 Å². The number of ether oxygens (including phenoxy) is 1. The van der Waals surface area contributed by atoms with Crippen LogP contribution in [0.1, 0.15) is 79.6 Å². The Hall–Kier alpha value is -1.31. The quantitative estimate of drug-likeness (QED) is 0.180. The van der Waals surface area contributed by atoms with Gasteiger partial charge in [0.25, 0.3) is 0 Å². The van der Waals surface area contributed by atoms with Crippen LogP contribution in [0.2, 0.25) is 0 Å². The van der Waals surface area contributed by atoms with Crippen molar-refractivity contribution in [3.63, 3.8) is 0 Å². The molecule has 0 bridgehead atoms. The monoisotopic (exact) mass is 320 g/mol. The lowest BCUT2D eigenvalue weighted by atomic mass is 9.94. The van der Waals surface area contributed by atoms with Gasteiger partial charge in [-0.3, -0.25) is 0 Å². The van der Waals surface area contributed by atoms with Crippen molar-refractivity contribution in [2.24, 2.45) is 5.92 Å². The molecule has 132 valence electrons. The second-order valence-corrected chi connectivity index (χ2v) is 6.06. The van der Waals surface area contributed by atoms with Gasteiger partial charge in [0, 0.05) is 6.08 Å². The molecule has 0 aromatic rings. The number of hydrogen-bond donors (Lipinski definition) is 0. The fraction of sp³-hybridized carbons (Fsp3) is 0.667. The zero-order valence-electron chi connectivity index (χ0n) is 15.9. The Labute approximate surface area is 143 Å².